The van der Waals surface area contributed by atoms with E-state index in [4.69, 9.17) is 0 Å². The number of rotatable bonds is 2. The average Bonchev–Trinajstić information content (AvgIpc) is 2.74. The Morgan fingerprint density at radius 3 is 2.79 bits per heavy atom. The van der Waals surface area contributed by atoms with Gasteiger partial charge in [0.2, 0.25) is 0 Å². The van der Waals surface area contributed by atoms with E-state index in [1.165, 1.54) is 5.52 Å². The van der Waals surface area contributed by atoms with E-state index in [1.54, 1.807) is 6.26 Å². The van der Waals surface area contributed by atoms with Crippen molar-refractivity contribution in [2.24, 2.45) is 0 Å². The predicted octanol–water partition coefficient (Wildman–Crippen LogP) is 2.01. The minimum absolute atomic E-state index is 0.532. The van der Waals surface area contributed by atoms with Crippen LogP contribution >= 0.6 is 0 Å². The zero-order valence-electron chi connectivity index (χ0n) is 11.3. The minimum atomic E-state index is -0.946. The van der Waals surface area contributed by atoms with Gasteiger partial charge < -0.3 is 14.4 Å². The Bertz CT molecular complexity index is 588. The Morgan fingerprint density at radius 1 is 1.37 bits per heavy atom. The molecule has 2 heterocycles. The van der Waals surface area contributed by atoms with Gasteiger partial charge in [0.1, 0.15) is 12.1 Å². The van der Waals surface area contributed by atoms with Crippen molar-refractivity contribution >= 4 is 22.2 Å². The number of hydrogen-bond acceptors (Lipinski definition) is 3. The Hall–Kier alpha value is -1.04. The van der Waals surface area contributed by atoms with Crippen molar-refractivity contribution in [3.63, 3.8) is 0 Å². The molecule has 19 heavy (non-hydrogen) atoms. The maximum absolute atomic E-state index is 11.6. The van der Waals surface area contributed by atoms with Gasteiger partial charge in [0.15, 0.2) is 4.90 Å². The lowest BCUT2D eigenvalue weighted by Crippen LogP contribution is -2.29. The first-order valence-corrected chi connectivity index (χ1v) is 8.25. The van der Waals surface area contributed by atoms with Crippen molar-refractivity contribution in [2.75, 3.05) is 19.3 Å². The highest BCUT2D eigenvalue weighted by atomic mass is 32.2. The van der Waals surface area contributed by atoms with Gasteiger partial charge in [-0.25, -0.2) is 4.98 Å². The number of benzene rings is 1. The largest absolute Gasteiger partial charge is 0.612 e. The summed E-state index contributed by atoms with van der Waals surface area (Å²) in [6.07, 6.45) is 4.00. The van der Waals surface area contributed by atoms with Gasteiger partial charge >= 0.3 is 0 Å². The lowest BCUT2D eigenvalue weighted by Gasteiger charge is -2.25. The molecule has 0 aliphatic carbocycles. The van der Waals surface area contributed by atoms with E-state index in [-0.39, 0.29) is 0 Å². The Balaban J connectivity index is 2.06. The third kappa shape index (κ3) is 2.38. The standard InChI is InChI=1S/C14H19N3OS/c1-10-16-13-9-12(19(2)18)3-4-14(13)17(10)11-5-7-15-8-6-11/h3-4,9,11,15H,5-8H2,1-2H3. The van der Waals surface area contributed by atoms with Crippen molar-refractivity contribution < 1.29 is 4.55 Å². The summed E-state index contributed by atoms with van der Waals surface area (Å²) in [6, 6.07) is 6.51. The van der Waals surface area contributed by atoms with Crippen molar-refractivity contribution in [1.82, 2.24) is 14.9 Å². The first kappa shape index (κ1) is 13.0. The van der Waals surface area contributed by atoms with Crippen molar-refractivity contribution in [1.29, 1.82) is 0 Å². The van der Waals surface area contributed by atoms with E-state index >= 15 is 0 Å². The molecule has 1 aromatic heterocycles. The van der Waals surface area contributed by atoms with Crippen LogP contribution in [0.1, 0.15) is 24.7 Å². The quantitative estimate of drug-likeness (QED) is 0.854. The second-order valence-electron chi connectivity index (χ2n) is 5.11. The third-order valence-electron chi connectivity index (χ3n) is 3.84. The van der Waals surface area contributed by atoms with Crippen molar-refractivity contribution in [3.8, 4) is 0 Å². The molecular weight excluding hydrogens is 258 g/mol. The summed E-state index contributed by atoms with van der Waals surface area (Å²) < 4.78 is 13.9. The fraction of sp³-hybridized carbons (Fsp3) is 0.500. The maximum atomic E-state index is 11.6. The van der Waals surface area contributed by atoms with Gasteiger partial charge in [0.05, 0.1) is 11.0 Å². The van der Waals surface area contributed by atoms with Gasteiger partial charge in [-0.1, -0.05) is 0 Å². The van der Waals surface area contributed by atoms with Crippen LogP contribution in [-0.4, -0.2) is 33.4 Å². The van der Waals surface area contributed by atoms with E-state index < -0.39 is 11.2 Å². The van der Waals surface area contributed by atoms with E-state index in [2.05, 4.69) is 27.9 Å². The van der Waals surface area contributed by atoms with Gasteiger partial charge in [-0.05, 0) is 56.2 Å². The Labute approximate surface area is 116 Å². The second-order valence-corrected chi connectivity index (χ2v) is 6.49. The van der Waals surface area contributed by atoms with E-state index in [1.807, 2.05) is 12.1 Å². The monoisotopic (exact) mass is 277 g/mol. The van der Waals surface area contributed by atoms with Crippen LogP contribution in [0.25, 0.3) is 11.0 Å². The molecule has 5 heteroatoms. The number of aryl methyl sites for hydroxylation is 1. The number of nitrogens with one attached hydrogen (secondary N) is 1. The second kappa shape index (κ2) is 5.15. The third-order valence-corrected chi connectivity index (χ3v) is 4.76. The normalized spacial score (nSPS) is 18.9. The van der Waals surface area contributed by atoms with E-state index in [0.29, 0.717) is 6.04 Å². The lowest BCUT2D eigenvalue weighted by atomic mass is 10.1. The molecule has 3 rings (SSSR count). The van der Waals surface area contributed by atoms with Crippen LogP contribution in [-0.2, 0) is 11.2 Å². The Morgan fingerprint density at radius 2 is 2.11 bits per heavy atom. The zero-order valence-corrected chi connectivity index (χ0v) is 12.2. The molecule has 4 nitrogen and oxygen atoms in total. The Kier molecular flexibility index (Phi) is 3.52. The summed E-state index contributed by atoms with van der Waals surface area (Å²) in [5.41, 5.74) is 2.13. The fourth-order valence-electron chi connectivity index (χ4n) is 2.90. The van der Waals surface area contributed by atoms with Crippen LogP contribution in [0.15, 0.2) is 23.1 Å². The molecule has 1 fully saturated rings. The number of fused-ring (bicyclic) bond motifs is 1. The molecule has 2 aromatic rings. The molecule has 1 aliphatic heterocycles. The summed E-state index contributed by atoms with van der Waals surface area (Å²) in [7, 11) is 0. The molecule has 1 saturated heterocycles. The van der Waals surface area contributed by atoms with Crippen molar-refractivity contribution in [2.45, 2.75) is 30.7 Å². The van der Waals surface area contributed by atoms with Crippen LogP contribution in [0.3, 0.4) is 0 Å². The molecular formula is C14H19N3OS. The molecule has 1 atom stereocenters. The molecule has 1 aliphatic rings. The van der Waals surface area contributed by atoms with Crippen LogP contribution in [0.4, 0.5) is 0 Å². The summed E-state index contributed by atoms with van der Waals surface area (Å²) in [4.78, 5) is 5.49. The molecule has 0 saturated carbocycles. The maximum Gasteiger partial charge on any atom is 0.154 e. The molecule has 1 N–H and O–H groups in total. The molecule has 0 amide bonds. The summed E-state index contributed by atoms with van der Waals surface area (Å²) >= 11 is -0.946. The van der Waals surface area contributed by atoms with Crippen LogP contribution < -0.4 is 5.32 Å². The summed E-state index contributed by atoms with van der Waals surface area (Å²) in [6.45, 7) is 4.20. The molecule has 102 valence electrons. The van der Waals surface area contributed by atoms with E-state index in [0.717, 1.165) is 42.2 Å². The highest BCUT2D eigenvalue weighted by molar-refractivity contribution is 7.90. The fourth-order valence-corrected chi connectivity index (χ4v) is 3.44. The average molecular weight is 277 g/mol. The summed E-state index contributed by atoms with van der Waals surface area (Å²) in [5, 5.41) is 3.39. The minimum Gasteiger partial charge on any atom is -0.612 e. The number of imidazole rings is 1. The lowest BCUT2D eigenvalue weighted by molar-refractivity contribution is 0.370. The first-order chi connectivity index (χ1) is 9.16. The number of piperidine rings is 1. The molecule has 0 radical (unpaired) electrons. The molecule has 1 unspecified atom stereocenters. The molecule has 0 spiro atoms. The first-order valence-electron chi connectivity index (χ1n) is 6.69. The predicted molar refractivity (Wildman–Crippen MR) is 77.9 cm³/mol. The van der Waals surface area contributed by atoms with Gasteiger partial charge in [0.25, 0.3) is 0 Å². The van der Waals surface area contributed by atoms with Crippen LogP contribution in [0, 0.1) is 6.92 Å². The smallest absolute Gasteiger partial charge is 0.154 e. The van der Waals surface area contributed by atoms with E-state index in [9.17, 15) is 4.55 Å². The van der Waals surface area contributed by atoms with Gasteiger partial charge in [0, 0.05) is 12.1 Å². The molecule has 1 aromatic carbocycles. The number of aromatic nitrogens is 2. The van der Waals surface area contributed by atoms with Crippen molar-refractivity contribution in [3.05, 3.63) is 24.0 Å². The van der Waals surface area contributed by atoms with Gasteiger partial charge in [-0.2, -0.15) is 0 Å². The van der Waals surface area contributed by atoms with Crippen LogP contribution in [0.2, 0.25) is 0 Å². The highest BCUT2D eigenvalue weighted by Crippen LogP contribution is 2.27. The summed E-state index contributed by atoms with van der Waals surface area (Å²) in [5.74, 6) is 1.06. The zero-order chi connectivity index (χ0) is 13.4. The van der Waals surface area contributed by atoms with Crippen LogP contribution in [0.5, 0.6) is 0 Å². The molecule has 0 bridgehead atoms. The van der Waals surface area contributed by atoms with Gasteiger partial charge in [-0.15, -0.1) is 0 Å². The number of hydrogen-bond donors (Lipinski definition) is 1. The topological polar surface area (TPSA) is 52.9 Å². The highest BCUT2D eigenvalue weighted by Gasteiger charge is 2.20. The number of nitrogens with zero attached hydrogens (tertiary/aromatic N) is 2. The SMILES string of the molecule is Cc1nc2cc([S+](C)[O-])ccc2n1C1CCNCC1. The van der Waals surface area contributed by atoms with Gasteiger partial charge in [-0.3, -0.25) is 0 Å².